The first kappa shape index (κ1) is 12.5. The maximum absolute atomic E-state index is 10.5. The highest BCUT2D eigenvalue weighted by Crippen LogP contribution is 2.08. The lowest BCUT2D eigenvalue weighted by atomic mass is 10.4. The summed E-state index contributed by atoms with van der Waals surface area (Å²) in [6.45, 7) is 1.57. The molecule has 0 atom stereocenters. The zero-order chi connectivity index (χ0) is 12.5. The van der Waals surface area contributed by atoms with E-state index in [1.165, 1.54) is 0 Å². The van der Waals surface area contributed by atoms with Crippen LogP contribution in [0.4, 0.5) is 11.8 Å². The Morgan fingerprint density at radius 2 is 2.12 bits per heavy atom. The van der Waals surface area contributed by atoms with E-state index in [1.807, 2.05) is 0 Å². The van der Waals surface area contributed by atoms with Crippen LogP contribution in [0.15, 0.2) is 6.07 Å². The Labute approximate surface area is 93.2 Å². The van der Waals surface area contributed by atoms with Crippen molar-refractivity contribution < 1.29 is 22.0 Å². The maximum atomic E-state index is 10.5. The number of hydrogen-bond acceptors (Lipinski definition) is 6. The van der Waals surface area contributed by atoms with Crippen LogP contribution in [0, 0.1) is 6.92 Å². The van der Waals surface area contributed by atoms with E-state index < -0.39 is 10.4 Å². The van der Waals surface area contributed by atoms with Gasteiger partial charge in [0.2, 0.25) is 5.82 Å². The fourth-order valence-electron chi connectivity index (χ4n) is 1.04. The molecule has 0 aliphatic rings. The van der Waals surface area contributed by atoms with Gasteiger partial charge in [-0.05, 0) is 11.7 Å². The minimum atomic E-state index is -4.63. The minimum absolute atomic E-state index is 0.179. The predicted octanol–water partition coefficient (Wildman–Crippen LogP) is -1.44. The lowest BCUT2D eigenvalue weighted by molar-refractivity contribution is -0.851. The molecule has 90 valence electrons. The van der Waals surface area contributed by atoms with Crippen molar-refractivity contribution in [1.82, 2.24) is 4.98 Å². The van der Waals surface area contributed by atoms with Gasteiger partial charge in [0, 0.05) is 20.2 Å². The second-order valence-corrected chi connectivity index (χ2v) is 4.31. The van der Waals surface area contributed by atoms with Gasteiger partial charge in [-0.3, -0.25) is 10.3 Å². The second kappa shape index (κ2) is 4.10. The van der Waals surface area contributed by atoms with Crippen molar-refractivity contribution in [2.45, 2.75) is 6.92 Å². The summed E-state index contributed by atoms with van der Waals surface area (Å²) in [6.07, 6.45) is 0. The van der Waals surface area contributed by atoms with Crippen LogP contribution in [0.1, 0.15) is 5.69 Å². The lowest BCUT2D eigenvalue weighted by Crippen LogP contribution is -2.51. The molecule has 0 aromatic carbocycles. The van der Waals surface area contributed by atoms with E-state index in [0.717, 1.165) is 4.73 Å². The van der Waals surface area contributed by atoms with Crippen LogP contribution in [-0.2, 0) is 10.4 Å². The van der Waals surface area contributed by atoms with Crippen molar-refractivity contribution in [3.8, 4) is 0 Å². The Morgan fingerprint density at radius 1 is 1.56 bits per heavy atom. The largest absolute Gasteiger partial charge is 0.476 e. The normalized spacial score (nSPS) is 11.2. The molecule has 0 radical (unpaired) electrons. The Morgan fingerprint density at radius 3 is 2.50 bits per heavy atom. The summed E-state index contributed by atoms with van der Waals surface area (Å²) in [5.74, 6) is 0.367. The highest BCUT2D eigenvalue weighted by atomic mass is 32.3. The second-order valence-electron chi connectivity index (χ2n) is 3.30. The number of rotatable bonds is 3. The third-order valence-corrected chi connectivity index (χ3v) is 2.06. The molecule has 0 saturated carbocycles. The molecule has 0 aliphatic carbocycles. The van der Waals surface area contributed by atoms with Crippen molar-refractivity contribution in [3.05, 3.63) is 11.8 Å². The molecule has 0 bridgehead atoms. The van der Waals surface area contributed by atoms with E-state index in [9.17, 15) is 8.42 Å². The number of aryl methyl sites for hydroxylation is 1. The summed E-state index contributed by atoms with van der Waals surface area (Å²) < 4.78 is 34.6. The SMILES string of the molecule is Cc1cc(N(C)C)nc(N)[n+]1OS(=O)(=O)O. The number of nitrogen functional groups attached to an aromatic ring is 1. The minimum Gasteiger partial charge on any atom is -0.349 e. The van der Waals surface area contributed by atoms with Crippen LogP contribution in [0.25, 0.3) is 0 Å². The molecule has 9 heteroatoms. The monoisotopic (exact) mass is 249 g/mol. The molecule has 0 saturated heterocycles. The van der Waals surface area contributed by atoms with Crippen LogP contribution in [0.3, 0.4) is 0 Å². The van der Waals surface area contributed by atoms with E-state index >= 15 is 0 Å². The van der Waals surface area contributed by atoms with Gasteiger partial charge in [-0.25, -0.2) is 4.28 Å². The molecule has 0 fully saturated rings. The van der Waals surface area contributed by atoms with Gasteiger partial charge in [0.15, 0.2) is 0 Å². The third-order valence-electron chi connectivity index (χ3n) is 1.72. The fourth-order valence-corrected chi connectivity index (χ4v) is 1.42. The smallest absolute Gasteiger partial charge is 0.349 e. The van der Waals surface area contributed by atoms with Crippen molar-refractivity contribution >= 4 is 22.2 Å². The van der Waals surface area contributed by atoms with Crippen molar-refractivity contribution in [2.75, 3.05) is 24.7 Å². The van der Waals surface area contributed by atoms with Gasteiger partial charge in [0.05, 0.1) is 0 Å². The van der Waals surface area contributed by atoms with Gasteiger partial charge in [0.25, 0.3) is 0 Å². The Balaban J connectivity index is 3.23. The summed E-state index contributed by atoms with van der Waals surface area (Å²) in [5, 5.41) is 0. The molecule has 16 heavy (non-hydrogen) atoms. The Kier molecular flexibility index (Phi) is 3.19. The molecule has 8 nitrogen and oxygen atoms in total. The molecule has 1 heterocycles. The lowest BCUT2D eigenvalue weighted by Gasteiger charge is -2.10. The van der Waals surface area contributed by atoms with Gasteiger partial charge >= 0.3 is 16.3 Å². The summed E-state index contributed by atoms with van der Waals surface area (Å²) >= 11 is 0. The number of aromatic nitrogens is 2. The van der Waals surface area contributed by atoms with Crippen LogP contribution >= 0.6 is 0 Å². The van der Waals surface area contributed by atoms with E-state index in [2.05, 4.69) is 9.27 Å². The topological polar surface area (TPSA) is 110 Å². The summed E-state index contributed by atoms with van der Waals surface area (Å²) in [7, 11) is -1.11. The van der Waals surface area contributed by atoms with Crippen molar-refractivity contribution in [2.24, 2.45) is 0 Å². The molecule has 0 spiro atoms. The van der Waals surface area contributed by atoms with E-state index in [1.54, 1.807) is 32.0 Å². The predicted molar refractivity (Wildman–Crippen MR) is 56.0 cm³/mol. The molecule has 3 N–H and O–H groups in total. The average Bonchev–Trinajstić information content (AvgIpc) is 2.09. The van der Waals surface area contributed by atoms with Gasteiger partial charge in [-0.2, -0.15) is 8.42 Å². The summed E-state index contributed by atoms with van der Waals surface area (Å²) in [6, 6.07) is 1.56. The average molecular weight is 249 g/mol. The number of nitrogens with two attached hydrogens (primary N) is 1. The molecule has 0 unspecified atom stereocenters. The van der Waals surface area contributed by atoms with Crippen LogP contribution < -0.4 is 19.6 Å². The highest BCUT2D eigenvalue weighted by Gasteiger charge is 2.20. The van der Waals surface area contributed by atoms with Crippen LogP contribution in [0.2, 0.25) is 0 Å². The number of hydrogen-bond donors (Lipinski definition) is 2. The molecular formula is C7H13N4O4S+. The third kappa shape index (κ3) is 2.94. The molecule has 0 amide bonds. The van der Waals surface area contributed by atoms with E-state index in [0.29, 0.717) is 11.5 Å². The molecule has 0 aliphatic heterocycles. The highest BCUT2D eigenvalue weighted by molar-refractivity contribution is 7.80. The number of nitrogens with zero attached hydrogens (tertiary/aromatic N) is 3. The number of anilines is 2. The Bertz CT molecular complexity index is 476. The summed E-state index contributed by atoms with van der Waals surface area (Å²) in [5.41, 5.74) is 5.87. The quantitative estimate of drug-likeness (QED) is 0.498. The first-order valence-electron chi connectivity index (χ1n) is 4.24. The van der Waals surface area contributed by atoms with Crippen molar-refractivity contribution in [1.29, 1.82) is 0 Å². The zero-order valence-corrected chi connectivity index (χ0v) is 9.89. The maximum Gasteiger partial charge on any atom is 0.476 e. The molecular weight excluding hydrogens is 236 g/mol. The van der Waals surface area contributed by atoms with Gasteiger partial charge in [-0.1, -0.05) is 4.98 Å². The Hall–Kier alpha value is -1.61. The fraction of sp³-hybridized carbons (Fsp3) is 0.429. The zero-order valence-electron chi connectivity index (χ0n) is 9.08. The molecule has 1 rings (SSSR count). The van der Waals surface area contributed by atoms with E-state index in [-0.39, 0.29) is 5.95 Å². The van der Waals surface area contributed by atoms with Gasteiger partial charge < -0.3 is 4.90 Å². The van der Waals surface area contributed by atoms with Gasteiger partial charge in [-0.15, -0.1) is 0 Å². The van der Waals surface area contributed by atoms with Crippen LogP contribution in [-0.4, -0.2) is 32.0 Å². The summed E-state index contributed by atoms with van der Waals surface area (Å²) in [4.78, 5) is 5.58. The van der Waals surface area contributed by atoms with Crippen LogP contribution in [0.5, 0.6) is 0 Å². The van der Waals surface area contributed by atoms with Crippen molar-refractivity contribution in [3.63, 3.8) is 0 Å². The van der Waals surface area contributed by atoms with Gasteiger partial charge in [0.1, 0.15) is 5.69 Å². The standard InChI is InChI=1S/C7H12N4O4S/c1-5-4-6(10(2)3)9-7(8)11(5)15-16(12,13)14/h4,8H,1-3H3,(H,12,13,14)/p+1. The van der Waals surface area contributed by atoms with E-state index in [4.69, 9.17) is 10.3 Å². The molecule has 1 aromatic rings. The molecule has 1 aromatic heterocycles. The first-order valence-corrected chi connectivity index (χ1v) is 5.61. The first-order chi connectivity index (χ1) is 7.20.